The number of piperidine rings is 1. The summed E-state index contributed by atoms with van der Waals surface area (Å²) in [5.41, 5.74) is 0.671. The second kappa shape index (κ2) is 9.63. The molecule has 2 fully saturated rings. The summed E-state index contributed by atoms with van der Waals surface area (Å²) in [6, 6.07) is 7.75. The van der Waals surface area contributed by atoms with E-state index < -0.39 is 5.60 Å². The van der Waals surface area contributed by atoms with Gasteiger partial charge in [-0.3, -0.25) is 9.59 Å². The molecule has 1 saturated heterocycles. The van der Waals surface area contributed by atoms with Crippen LogP contribution in [0.5, 0.6) is 5.75 Å². The largest absolute Gasteiger partial charge is 0.486 e. The van der Waals surface area contributed by atoms with E-state index in [0.717, 1.165) is 24.8 Å². The maximum atomic E-state index is 12.3. The second-order valence-corrected chi connectivity index (χ2v) is 9.49. The van der Waals surface area contributed by atoms with E-state index >= 15 is 0 Å². The zero-order valence-corrected chi connectivity index (χ0v) is 18.3. The molecule has 2 aliphatic rings. The highest BCUT2D eigenvalue weighted by atomic mass is 16.6. The molecule has 0 spiro atoms. The van der Waals surface area contributed by atoms with Gasteiger partial charge in [0.1, 0.15) is 23.7 Å². The van der Waals surface area contributed by atoms with Crippen LogP contribution in [0.1, 0.15) is 70.8 Å². The molecule has 0 N–H and O–H groups in total. The van der Waals surface area contributed by atoms with Crippen LogP contribution in [0.15, 0.2) is 24.3 Å². The van der Waals surface area contributed by atoms with Crippen LogP contribution in [0.2, 0.25) is 0 Å². The molecule has 30 heavy (non-hydrogen) atoms. The summed E-state index contributed by atoms with van der Waals surface area (Å²) >= 11 is 0. The third kappa shape index (κ3) is 6.57. The molecule has 0 bridgehead atoms. The summed E-state index contributed by atoms with van der Waals surface area (Å²) in [6.45, 7) is 6.89. The van der Waals surface area contributed by atoms with Crippen molar-refractivity contribution in [1.82, 2.24) is 4.90 Å². The van der Waals surface area contributed by atoms with E-state index in [9.17, 15) is 14.4 Å². The predicted octanol–water partition coefficient (Wildman–Crippen LogP) is 4.51. The molecule has 1 aromatic carbocycles. The van der Waals surface area contributed by atoms with Crippen molar-refractivity contribution < 1.29 is 23.9 Å². The Morgan fingerprint density at radius 1 is 1.07 bits per heavy atom. The molecule has 3 rings (SSSR count). The number of ether oxygens (including phenoxy) is 2. The summed E-state index contributed by atoms with van der Waals surface area (Å²) < 4.78 is 11.1. The highest BCUT2D eigenvalue weighted by Gasteiger charge is 2.28. The molecule has 0 unspecified atom stereocenters. The molecule has 1 aromatic rings. The topological polar surface area (TPSA) is 72.9 Å². The van der Waals surface area contributed by atoms with Crippen LogP contribution in [0.25, 0.3) is 0 Å². The Hall–Kier alpha value is -2.37. The van der Waals surface area contributed by atoms with Gasteiger partial charge in [0.05, 0.1) is 0 Å². The van der Waals surface area contributed by atoms with E-state index in [1.807, 2.05) is 45.0 Å². The van der Waals surface area contributed by atoms with Gasteiger partial charge in [0.15, 0.2) is 5.78 Å². The molecular formula is C24H33NO5. The molecule has 1 heterocycles. The number of nitrogens with zero attached hydrogens (tertiary/aromatic N) is 1. The first kappa shape index (κ1) is 22.3. The van der Waals surface area contributed by atoms with Crippen molar-refractivity contribution in [1.29, 1.82) is 0 Å². The first-order chi connectivity index (χ1) is 14.2. The van der Waals surface area contributed by atoms with Crippen molar-refractivity contribution in [3.8, 4) is 5.75 Å². The smallest absolute Gasteiger partial charge is 0.410 e. The molecule has 164 valence electrons. The Bertz CT molecular complexity index is 757. The van der Waals surface area contributed by atoms with Crippen LogP contribution in [-0.2, 0) is 14.3 Å². The minimum atomic E-state index is -0.492. The lowest BCUT2D eigenvalue weighted by Gasteiger charge is -2.33. The Labute approximate surface area is 178 Å². The van der Waals surface area contributed by atoms with Crippen molar-refractivity contribution in [3.05, 3.63) is 29.8 Å². The molecule has 0 aromatic heterocycles. The van der Waals surface area contributed by atoms with E-state index in [-0.39, 0.29) is 24.4 Å². The summed E-state index contributed by atoms with van der Waals surface area (Å²) in [6.07, 6.45) is 4.04. The molecule has 1 amide bonds. The molecule has 6 nitrogen and oxygen atoms in total. The van der Waals surface area contributed by atoms with Gasteiger partial charge in [-0.2, -0.15) is 0 Å². The van der Waals surface area contributed by atoms with Crippen molar-refractivity contribution >= 4 is 17.7 Å². The van der Waals surface area contributed by atoms with Gasteiger partial charge in [-0.25, -0.2) is 4.79 Å². The number of likely N-dealkylation sites (tertiary alicyclic amines) is 1. The number of hydrogen-bond donors (Lipinski definition) is 0. The highest BCUT2D eigenvalue weighted by Crippen LogP contribution is 2.32. The molecular weight excluding hydrogens is 382 g/mol. The first-order valence-corrected chi connectivity index (χ1v) is 10.9. The average Bonchev–Trinajstić information content (AvgIpc) is 3.12. The van der Waals surface area contributed by atoms with Gasteiger partial charge in [-0.05, 0) is 69.6 Å². The number of carbonyl (C=O) groups is 3. The average molecular weight is 416 g/mol. The van der Waals surface area contributed by atoms with Crippen LogP contribution < -0.4 is 4.74 Å². The lowest BCUT2D eigenvalue weighted by atomic mass is 9.92. The molecule has 1 aliphatic carbocycles. The number of carbonyl (C=O) groups excluding carboxylic acids is 3. The zero-order chi connectivity index (χ0) is 21.7. The predicted molar refractivity (Wildman–Crippen MR) is 114 cm³/mol. The minimum Gasteiger partial charge on any atom is -0.486 e. The fraction of sp³-hybridized carbons (Fsp3) is 0.625. The van der Waals surface area contributed by atoms with Crippen molar-refractivity contribution in [3.63, 3.8) is 0 Å². The van der Waals surface area contributed by atoms with Crippen LogP contribution in [0.3, 0.4) is 0 Å². The molecule has 1 atom stereocenters. The molecule has 1 aliphatic heterocycles. The lowest BCUT2D eigenvalue weighted by Crippen LogP contribution is -2.42. The standard InChI is InChI=1S/C24H33NO5/c1-24(2,3)30-23(28)25-12-10-17(11-13-25)14-21(27)16-29-22-8-5-18(6-9-22)19-4-7-20(26)15-19/h5-6,8-9,17,19H,4,7,10-16H2,1-3H3/t19-/m1/s1. The van der Waals surface area contributed by atoms with Gasteiger partial charge < -0.3 is 14.4 Å². The van der Waals surface area contributed by atoms with E-state index in [1.54, 1.807) is 4.90 Å². The minimum absolute atomic E-state index is 0.0630. The zero-order valence-electron chi connectivity index (χ0n) is 18.3. The fourth-order valence-corrected chi connectivity index (χ4v) is 4.13. The Morgan fingerprint density at radius 3 is 2.30 bits per heavy atom. The molecule has 6 heteroatoms. The SMILES string of the molecule is CC(C)(C)OC(=O)N1CCC(CC(=O)COc2ccc([C@@H]3CCC(=O)C3)cc2)CC1. The Kier molecular flexibility index (Phi) is 7.16. The number of amides is 1. The summed E-state index contributed by atoms with van der Waals surface area (Å²) in [4.78, 5) is 37.6. The maximum Gasteiger partial charge on any atom is 0.410 e. The summed E-state index contributed by atoms with van der Waals surface area (Å²) in [5, 5.41) is 0. The lowest BCUT2D eigenvalue weighted by molar-refractivity contribution is -0.122. The monoisotopic (exact) mass is 415 g/mol. The molecule has 1 saturated carbocycles. The molecule has 0 radical (unpaired) electrons. The van der Waals surface area contributed by atoms with Gasteiger partial charge in [-0.1, -0.05) is 12.1 Å². The number of rotatable bonds is 6. The number of ketones is 2. The fourth-order valence-electron chi connectivity index (χ4n) is 4.13. The third-order valence-electron chi connectivity index (χ3n) is 5.78. The first-order valence-electron chi connectivity index (χ1n) is 10.9. The summed E-state index contributed by atoms with van der Waals surface area (Å²) in [5.74, 6) is 1.69. The Balaban J connectivity index is 1.37. The van der Waals surface area contributed by atoms with Gasteiger partial charge in [0.2, 0.25) is 0 Å². The normalized spacial score (nSPS) is 20.3. The quantitative estimate of drug-likeness (QED) is 0.684. The van der Waals surface area contributed by atoms with E-state index in [0.29, 0.717) is 49.8 Å². The second-order valence-electron chi connectivity index (χ2n) is 9.49. The Morgan fingerprint density at radius 2 is 1.73 bits per heavy atom. The van der Waals surface area contributed by atoms with Crippen molar-refractivity contribution in [2.24, 2.45) is 5.92 Å². The van der Waals surface area contributed by atoms with Crippen molar-refractivity contribution in [2.75, 3.05) is 19.7 Å². The maximum absolute atomic E-state index is 12.3. The van der Waals surface area contributed by atoms with E-state index in [1.165, 1.54) is 0 Å². The highest BCUT2D eigenvalue weighted by molar-refractivity contribution is 5.81. The van der Waals surface area contributed by atoms with Gasteiger partial charge in [0, 0.05) is 32.4 Å². The van der Waals surface area contributed by atoms with Crippen LogP contribution in [-0.4, -0.2) is 47.9 Å². The van der Waals surface area contributed by atoms with Crippen LogP contribution in [0, 0.1) is 5.92 Å². The number of Topliss-reactive ketones (excluding diaryl/α,β-unsaturated/α-hetero) is 2. The van der Waals surface area contributed by atoms with E-state index in [4.69, 9.17) is 9.47 Å². The van der Waals surface area contributed by atoms with Crippen LogP contribution >= 0.6 is 0 Å². The summed E-state index contributed by atoms with van der Waals surface area (Å²) in [7, 11) is 0. The van der Waals surface area contributed by atoms with Gasteiger partial charge in [-0.15, -0.1) is 0 Å². The number of hydrogen-bond acceptors (Lipinski definition) is 5. The van der Waals surface area contributed by atoms with Gasteiger partial charge >= 0.3 is 6.09 Å². The number of benzene rings is 1. The van der Waals surface area contributed by atoms with Crippen LogP contribution in [0.4, 0.5) is 4.79 Å². The van der Waals surface area contributed by atoms with E-state index in [2.05, 4.69) is 0 Å². The third-order valence-corrected chi connectivity index (χ3v) is 5.78. The van der Waals surface area contributed by atoms with Gasteiger partial charge in [0.25, 0.3) is 0 Å². The van der Waals surface area contributed by atoms with Crippen molar-refractivity contribution in [2.45, 2.75) is 70.8 Å².